The predicted octanol–water partition coefficient (Wildman–Crippen LogP) is 5.29. The minimum absolute atomic E-state index is 0.175. The van der Waals surface area contributed by atoms with Crippen LogP contribution < -0.4 is 10.1 Å². The molecule has 30 heavy (non-hydrogen) atoms. The molecule has 2 aromatic carbocycles. The molecule has 154 valence electrons. The fourth-order valence-corrected chi connectivity index (χ4v) is 3.40. The number of carbonyl (C=O) groups is 1. The van der Waals surface area contributed by atoms with E-state index in [9.17, 15) is 4.79 Å². The van der Waals surface area contributed by atoms with Gasteiger partial charge in [-0.05, 0) is 56.2 Å². The van der Waals surface area contributed by atoms with Crippen molar-refractivity contribution < 1.29 is 14.3 Å². The molecular formula is C24H25N3O3. The standard InChI is InChI=1S/C24H25N3O3/c1-24(2,3)27-23(28)30-14-13-29-17-8-6-7-16(15-17)18-11-12-25-22-21(18)19-9-4-5-10-20(19)26-22/h4-12,15H,13-14H2,1-3H3,(H,25,26)(H,27,28). The number of pyridine rings is 1. The molecular weight excluding hydrogens is 378 g/mol. The smallest absolute Gasteiger partial charge is 0.407 e. The summed E-state index contributed by atoms with van der Waals surface area (Å²) in [6.07, 6.45) is 1.36. The van der Waals surface area contributed by atoms with Crippen LogP contribution in [0.15, 0.2) is 60.8 Å². The van der Waals surface area contributed by atoms with Gasteiger partial charge in [0.25, 0.3) is 0 Å². The zero-order valence-electron chi connectivity index (χ0n) is 17.4. The van der Waals surface area contributed by atoms with Crippen molar-refractivity contribution in [2.24, 2.45) is 0 Å². The van der Waals surface area contributed by atoms with Crippen LogP contribution in [-0.2, 0) is 4.74 Å². The Morgan fingerprint density at radius 3 is 2.73 bits per heavy atom. The van der Waals surface area contributed by atoms with E-state index in [4.69, 9.17) is 9.47 Å². The molecule has 6 heteroatoms. The number of aromatic nitrogens is 2. The first-order chi connectivity index (χ1) is 14.4. The molecule has 1 amide bonds. The number of hydrogen-bond acceptors (Lipinski definition) is 4. The first kappa shape index (κ1) is 19.8. The van der Waals surface area contributed by atoms with E-state index in [1.54, 1.807) is 0 Å². The molecule has 0 spiro atoms. The lowest BCUT2D eigenvalue weighted by molar-refractivity contribution is 0.118. The summed E-state index contributed by atoms with van der Waals surface area (Å²) >= 11 is 0. The van der Waals surface area contributed by atoms with Crippen LogP contribution in [0.1, 0.15) is 20.8 Å². The number of rotatable bonds is 5. The van der Waals surface area contributed by atoms with Crippen molar-refractivity contribution in [3.05, 3.63) is 60.8 Å². The number of H-pyrrole nitrogens is 1. The summed E-state index contributed by atoms with van der Waals surface area (Å²) in [5.41, 5.74) is 3.72. The minimum Gasteiger partial charge on any atom is -0.490 e. The molecule has 0 saturated carbocycles. The molecule has 0 unspecified atom stereocenters. The molecule has 6 nitrogen and oxygen atoms in total. The van der Waals surface area contributed by atoms with E-state index in [0.29, 0.717) is 0 Å². The molecule has 2 aromatic heterocycles. The SMILES string of the molecule is CC(C)(C)NC(=O)OCCOc1cccc(-c2ccnc3[nH]c4ccccc4c23)c1. The number of nitrogens with one attached hydrogen (secondary N) is 2. The molecule has 4 aromatic rings. The first-order valence-electron chi connectivity index (χ1n) is 9.94. The Balaban J connectivity index is 1.50. The number of fused-ring (bicyclic) bond motifs is 3. The number of alkyl carbamates (subject to hydrolysis) is 1. The second-order valence-electron chi connectivity index (χ2n) is 8.14. The Bertz CT molecular complexity index is 1190. The van der Waals surface area contributed by atoms with E-state index in [2.05, 4.69) is 33.5 Å². The number of benzene rings is 2. The van der Waals surface area contributed by atoms with Crippen molar-refractivity contribution in [3.63, 3.8) is 0 Å². The fourth-order valence-electron chi connectivity index (χ4n) is 3.40. The average molecular weight is 403 g/mol. The van der Waals surface area contributed by atoms with E-state index >= 15 is 0 Å². The zero-order valence-corrected chi connectivity index (χ0v) is 17.4. The van der Waals surface area contributed by atoms with Crippen LogP contribution in [0.4, 0.5) is 4.79 Å². The van der Waals surface area contributed by atoms with Crippen molar-refractivity contribution >= 4 is 28.0 Å². The van der Waals surface area contributed by atoms with Crippen molar-refractivity contribution in [2.45, 2.75) is 26.3 Å². The predicted molar refractivity (Wildman–Crippen MR) is 119 cm³/mol. The molecule has 0 fully saturated rings. The van der Waals surface area contributed by atoms with Crippen molar-refractivity contribution in [1.82, 2.24) is 15.3 Å². The van der Waals surface area contributed by atoms with Gasteiger partial charge in [0.2, 0.25) is 0 Å². The van der Waals surface area contributed by atoms with Gasteiger partial charge in [0.15, 0.2) is 0 Å². The Morgan fingerprint density at radius 1 is 1.07 bits per heavy atom. The minimum atomic E-state index is -0.446. The Hall–Kier alpha value is -3.54. The highest BCUT2D eigenvalue weighted by atomic mass is 16.6. The van der Waals surface area contributed by atoms with E-state index in [0.717, 1.165) is 38.8 Å². The zero-order chi connectivity index (χ0) is 21.1. The van der Waals surface area contributed by atoms with Gasteiger partial charge in [-0.2, -0.15) is 0 Å². The van der Waals surface area contributed by atoms with Gasteiger partial charge in [-0.25, -0.2) is 9.78 Å². The summed E-state index contributed by atoms with van der Waals surface area (Å²) in [6.45, 7) is 6.16. The Morgan fingerprint density at radius 2 is 1.90 bits per heavy atom. The molecule has 0 aliphatic rings. The van der Waals surface area contributed by atoms with Crippen molar-refractivity contribution in [2.75, 3.05) is 13.2 Å². The lowest BCUT2D eigenvalue weighted by Crippen LogP contribution is -2.41. The first-order valence-corrected chi connectivity index (χ1v) is 9.94. The number of aromatic amines is 1. The Kier molecular flexibility index (Phi) is 5.31. The molecule has 0 aliphatic heterocycles. The molecule has 0 saturated heterocycles. The van der Waals surface area contributed by atoms with Crippen molar-refractivity contribution in [1.29, 1.82) is 0 Å². The van der Waals surface area contributed by atoms with Gasteiger partial charge < -0.3 is 19.8 Å². The quantitative estimate of drug-likeness (QED) is 0.444. The third-order valence-corrected chi connectivity index (χ3v) is 4.61. The summed E-state index contributed by atoms with van der Waals surface area (Å²) < 4.78 is 11.0. The molecule has 0 bridgehead atoms. The van der Waals surface area contributed by atoms with Gasteiger partial charge in [-0.1, -0.05) is 30.3 Å². The number of ether oxygens (including phenoxy) is 2. The highest BCUT2D eigenvalue weighted by Gasteiger charge is 2.14. The summed E-state index contributed by atoms with van der Waals surface area (Å²) in [7, 11) is 0. The number of hydrogen-bond donors (Lipinski definition) is 2. The average Bonchev–Trinajstić information content (AvgIpc) is 3.09. The van der Waals surface area contributed by atoms with Crippen LogP contribution in [-0.4, -0.2) is 34.8 Å². The molecule has 2 N–H and O–H groups in total. The van der Waals surface area contributed by atoms with E-state index in [1.807, 2.05) is 63.4 Å². The van der Waals surface area contributed by atoms with Gasteiger partial charge in [-0.3, -0.25) is 0 Å². The maximum absolute atomic E-state index is 11.7. The van der Waals surface area contributed by atoms with Gasteiger partial charge in [-0.15, -0.1) is 0 Å². The van der Waals surface area contributed by atoms with Crippen LogP contribution in [0.2, 0.25) is 0 Å². The summed E-state index contributed by atoms with van der Waals surface area (Å²) in [5.74, 6) is 0.720. The van der Waals surface area contributed by atoms with Crippen LogP contribution in [0.5, 0.6) is 5.75 Å². The monoisotopic (exact) mass is 403 g/mol. The van der Waals surface area contributed by atoms with Gasteiger partial charge in [0.1, 0.15) is 24.6 Å². The summed E-state index contributed by atoms with van der Waals surface area (Å²) in [5, 5.41) is 4.98. The summed E-state index contributed by atoms with van der Waals surface area (Å²) in [4.78, 5) is 19.6. The van der Waals surface area contributed by atoms with E-state index < -0.39 is 6.09 Å². The lowest BCUT2D eigenvalue weighted by atomic mass is 10.0. The van der Waals surface area contributed by atoms with E-state index in [-0.39, 0.29) is 18.8 Å². The van der Waals surface area contributed by atoms with Crippen LogP contribution >= 0.6 is 0 Å². The largest absolute Gasteiger partial charge is 0.490 e. The molecule has 0 aliphatic carbocycles. The third kappa shape index (κ3) is 4.38. The number of nitrogens with zero attached hydrogens (tertiary/aromatic N) is 1. The number of amides is 1. The van der Waals surface area contributed by atoms with Gasteiger partial charge in [0, 0.05) is 28.0 Å². The van der Waals surface area contributed by atoms with Gasteiger partial charge >= 0.3 is 6.09 Å². The highest BCUT2D eigenvalue weighted by Crippen LogP contribution is 2.34. The molecule has 0 radical (unpaired) electrons. The maximum Gasteiger partial charge on any atom is 0.407 e. The lowest BCUT2D eigenvalue weighted by Gasteiger charge is -2.19. The number of carbonyl (C=O) groups excluding carboxylic acids is 1. The molecule has 4 rings (SSSR count). The Labute approximate surface area is 175 Å². The second kappa shape index (κ2) is 8.06. The van der Waals surface area contributed by atoms with E-state index in [1.165, 1.54) is 0 Å². The molecule has 0 atom stereocenters. The topological polar surface area (TPSA) is 76.2 Å². The fraction of sp³-hybridized carbons (Fsp3) is 0.250. The normalized spacial score (nSPS) is 11.6. The van der Waals surface area contributed by atoms with Crippen LogP contribution in [0.3, 0.4) is 0 Å². The van der Waals surface area contributed by atoms with Crippen LogP contribution in [0, 0.1) is 0 Å². The number of para-hydroxylation sites is 1. The second-order valence-corrected chi connectivity index (χ2v) is 8.14. The van der Waals surface area contributed by atoms with Crippen LogP contribution in [0.25, 0.3) is 33.1 Å². The molecule has 2 heterocycles. The van der Waals surface area contributed by atoms with Crippen molar-refractivity contribution in [3.8, 4) is 16.9 Å². The maximum atomic E-state index is 11.7. The summed E-state index contributed by atoms with van der Waals surface area (Å²) in [6, 6.07) is 18.1. The highest BCUT2D eigenvalue weighted by molar-refractivity contribution is 6.12. The van der Waals surface area contributed by atoms with Gasteiger partial charge in [0.05, 0.1) is 0 Å². The third-order valence-electron chi connectivity index (χ3n) is 4.61.